The van der Waals surface area contributed by atoms with E-state index in [0.717, 1.165) is 16.7 Å². The van der Waals surface area contributed by atoms with Gasteiger partial charge >= 0.3 is 0 Å². The van der Waals surface area contributed by atoms with Crippen molar-refractivity contribution in [2.75, 3.05) is 11.8 Å². The lowest BCUT2D eigenvalue weighted by molar-refractivity contribution is 0.185. The molecule has 4 nitrogen and oxygen atoms in total. The van der Waals surface area contributed by atoms with Crippen molar-refractivity contribution in [3.63, 3.8) is 0 Å². The first-order valence-corrected chi connectivity index (χ1v) is 8.09. The third-order valence-electron chi connectivity index (χ3n) is 3.39. The number of hydrogen-bond donors (Lipinski definition) is 1. The van der Waals surface area contributed by atoms with Gasteiger partial charge in [-0.3, -0.25) is 4.72 Å². The van der Waals surface area contributed by atoms with Crippen molar-refractivity contribution in [1.29, 1.82) is 0 Å². The minimum Gasteiger partial charge on any atom is -0.380 e. The topological polar surface area (TPSA) is 55.4 Å². The number of methoxy groups -OCH3 is 1. The van der Waals surface area contributed by atoms with Gasteiger partial charge in [-0.15, -0.1) is 0 Å². The summed E-state index contributed by atoms with van der Waals surface area (Å²) in [4.78, 5) is 0.239. The van der Waals surface area contributed by atoms with Crippen LogP contribution in [0.3, 0.4) is 0 Å². The van der Waals surface area contributed by atoms with Crippen molar-refractivity contribution >= 4 is 15.7 Å². The quantitative estimate of drug-likeness (QED) is 0.922. The molecule has 0 aliphatic rings. The molecule has 0 spiro atoms. The Kier molecular flexibility index (Phi) is 4.65. The number of hydrogen-bond acceptors (Lipinski definition) is 3. The highest BCUT2D eigenvalue weighted by Gasteiger charge is 2.15. The number of nitrogens with one attached hydrogen (secondary N) is 1. The number of sulfonamides is 1. The van der Waals surface area contributed by atoms with E-state index in [-0.39, 0.29) is 4.90 Å². The molecule has 0 bridgehead atoms. The van der Waals surface area contributed by atoms with E-state index in [2.05, 4.69) is 4.72 Å². The van der Waals surface area contributed by atoms with Gasteiger partial charge < -0.3 is 4.74 Å². The molecule has 2 aromatic carbocycles. The molecule has 0 saturated carbocycles. The first-order chi connectivity index (χ1) is 9.94. The van der Waals surface area contributed by atoms with Crippen molar-refractivity contribution in [2.45, 2.75) is 25.3 Å². The van der Waals surface area contributed by atoms with Crippen LogP contribution in [0.25, 0.3) is 0 Å². The monoisotopic (exact) mass is 305 g/mol. The van der Waals surface area contributed by atoms with Crippen LogP contribution in [-0.2, 0) is 21.4 Å². The molecule has 5 heteroatoms. The SMILES string of the molecule is COCc1ccc(S(=O)(=O)Nc2cccc(C)c2C)cc1. The minimum atomic E-state index is -3.58. The summed E-state index contributed by atoms with van der Waals surface area (Å²) in [5.74, 6) is 0. The predicted octanol–water partition coefficient (Wildman–Crippen LogP) is 3.25. The van der Waals surface area contributed by atoms with E-state index in [1.165, 1.54) is 0 Å². The highest BCUT2D eigenvalue weighted by atomic mass is 32.2. The summed E-state index contributed by atoms with van der Waals surface area (Å²) in [6.45, 7) is 4.31. The van der Waals surface area contributed by atoms with Gasteiger partial charge in [0.2, 0.25) is 0 Å². The van der Waals surface area contributed by atoms with Gasteiger partial charge in [0.15, 0.2) is 0 Å². The molecule has 0 radical (unpaired) electrons. The fraction of sp³-hybridized carbons (Fsp3) is 0.250. The fourth-order valence-electron chi connectivity index (χ4n) is 2.00. The summed E-state index contributed by atoms with van der Waals surface area (Å²) < 4.78 is 32.4. The zero-order chi connectivity index (χ0) is 15.5. The number of ether oxygens (including phenoxy) is 1. The number of rotatable bonds is 5. The van der Waals surface area contributed by atoms with E-state index >= 15 is 0 Å². The summed E-state index contributed by atoms with van der Waals surface area (Å²) in [7, 11) is -1.97. The Hall–Kier alpha value is -1.85. The highest BCUT2D eigenvalue weighted by Crippen LogP contribution is 2.22. The smallest absolute Gasteiger partial charge is 0.261 e. The van der Waals surface area contributed by atoms with Crippen molar-refractivity contribution in [3.8, 4) is 0 Å². The van der Waals surface area contributed by atoms with Gasteiger partial charge in [-0.1, -0.05) is 24.3 Å². The Morgan fingerprint density at radius 3 is 2.33 bits per heavy atom. The number of benzene rings is 2. The van der Waals surface area contributed by atoms with Crippen LogP contribution in [0.4, 0.5) is 5.69 Å². The van der Waals surface area contributed by atoms with E-state index in [1.54, 1.807) is 37.4 Å². The minimum absolute atomic E-state index is 0.239. The number of aryl methyl sites for hydroxylation is 1. The average Bonchev–Trinajstić information content (AvgIpc) is 2.45. The van der Waals surface area contributed by atoms with Crippen LogP contribution in [0.15, 0.2) is 47.4 Å². The molecular weight excluding hydrogens is 286 g/mol. The molecule has 0 aromatic heterocycles. The molecule has 0 fully saturated rings. The molecule has 0 unspecified atom stereocenters. The van der Waals surface area contributed by atoms with Crippen molar-refractivity contribution < 1.29 is 13.2 Å². The summed E-state index contributed by atoms with van der Waals surface area (Å²) >= 11 is 0. The van der Waals surface area contributed by atoms with Gasteiger partial charge in [-0.2, -0.15) is 0 Å². The highest BCUT2D eigenvalue weighted by molar-refractivity contribution is 7.92. The summed E-state index contributed by atoms with van der Waals surface area (Å²) in [5, 5.41) is 0. The maximum absolute atomic E-state index is 12.4. The van der Waals surface area contributed by atoms with Gasteiger partial charge in [-0.05, 0) is 48.7 Å². The molecule has 0 heterocycles. The van der Waals surface area contributed by atoms with Gasteiger partial charge in [0.25, 0.3) is 10.0 Å². The van der Waals surface area contributed by atoms with Crippen LogP contribution in [0, 0.1) is 13.8 Å². The van der Waals surface area contributed by atoms with Crippen molar-refractivity contribution in [2.24, 2.45) is 0 Å². The van der Waals surface area contributed by atoms with Crippen LogP contribution in [0.5, 0.6) is 0 Å². The molecule has 112 valence electrons. The normalized spacial score (nSPS) is 11.4. The van der Waals surface area contributed by atoms with E-state index < -0.39 is 10.0 Å². The van der Waals surface area contributed by atoms with Gasteiger partial charge in [0, 0.05) is 7.11 Å². The molecule has 0 aliphatic heterocycles. The van der Waals surface area contributed by atoms with Crippen molar-refractivity contribution in [3.05, 3.63) is 59.2 Å². The Balaban J connectivity index is 2.27. The first-order valence-electron chi connectivity index (χ1n) is 6.61. The second-order valence-electron chi connectivity index (χ2n) is 4.93. The lowest BCUT2D eigenvalue weighted by Gasteiger charge is -2.12. The first kappa shape index (κ1) is 15.5. The standard InChI is InChI=1S/C16H19NO3S/c1-12-5-4-6-16(13(12)2)17-21(18,19)15-9-7-14(8-10-15)11-20-3/h4-10,17H,11H2,1-3H3. The van der Waals surface area contributed by atoms with E-state index in [0.29, 0.717) is 12.3 Å². The Morgan fingerprint density at radius 2 is 1.71 bits per heavy atom. The van der Waals surface area contributed by atoms with Gasteiger partial charge in [-0.25, -0.2) is 8.42 Å². The third-order valence-corrected chi connectivity index (χ3v) is 4.78. The fourth-order valence-corrected chi connectivity index (χ4v) is 3.12. The third kappa shape index (κ3) is 3.62. The Labute approximate surface area is 125 Å². The average molecular weight is 305 g/mol. The van der Waals surface area contributed by atoms with Gasteiger partial charge in [0.05, 0.1) is 17.2 Å². The maximum atomic E-state index is 12.4. The summed E-state index contributed by atoms with van der Waals surface area (Å²) in [6.07, 6.45) is 0. The van der Waals surface area contributed by atoms with E-state index in [1.807, 2.05) is 26.0 Å². The molecule has 2 aromatic rings. The molecule has 0 aliphatic carbocycles. The molecule has 0 amide bonds. The zero-order valence-corrected chi connectivity index (χ0v) is 13.2. The molecule has 2 rings (SSSR count). The summed E-state index contributed by atoms with van der Waals surface area (Å²) in [5.41, 5.74) is 3.52. The molecule has 21 heavy (non-hydrogen) atoms. The summed E-state index contributed by atoms with van der Waals surface area (Å²) in [6, 6.07) is 12.2. The Bertz CT molecular complexity index is 722. The zero-order valence-electron chi connectivity index (χ0n) is 12.4. The number of anilines is 1. The lowest BCUT2D eigenvalue weighted by atomic mass is 10.1. The van der Waals surface area contributed by atoms with Gasteiger partial charge in [0.1, 0.15) is 0 Å². The van der Waals surface area contributed by atoms with E-state index in [9.17, 15) is 8.42 Å². The molecular formula is C16H19NO3S. The second-order valence-corrected chi connectivity index (χ2v) is 6.61. The Morgan fingerprint density at radius 1 is 1.05 bits per heavy atom. The molecule has 1 N–H and O–H groups in total. The molecule has 0 saturated heterocycles. The largest absolute Gasteiger partial charge is 0.380 e. The maximum Gasteiger partial charge on any atom is 0.261 e. The van der Waals surface area contributed by atoms with Crippen LogP contribution in [0.1, 0.15) is 16.7 Å². The van der Waals surface area contributed by atoms with Crippen LogP contribution < -0.4 is 4.72 Å². The van der Waals surface area contributed by atoms with Crippen LogP contribution in [-0.4, -0.2) is 15.5 Å². The van der Waals surface area contributed by atoms with E-state index in [4.69, 9.17) is 4.74 Å². The predicted molar refractivity (Wildman–Crippen MR) is 83.9 cm³/mol. The van der Waals surface area contributed by atoms with Crippen LogP contribution in [0.2, 0.25) is 0 Å². The van der Waals surface area contributed by atoms with Crippen LogP contribution >= 0.6 is 0 Å². The van der Waals surface area contributed by atoms with Crippen molar-refractivity contribution in [1.82, 2.24) is 0 Å². The lowest BCUT2D eigenvalue weighted by Crippen LogP contribution is -2.14. The second kappa shape index (κ2) is 6.28. The molecule has 0 atom stereocenters.